The van der Waals surface area contributed by atoms with Crippen molar-refractivity contribution in [2.24, 2.45) is 0 Å². The van der Waals surface area contributed by atoms with Crippen LogP contribution in [0.1, 0.15) is 37.9 Å². The predicted molar refractivity (Wildman–Crippen MR) is 99.9 cm³/mol. The number of rotatable bonds is 6. The van der Waals surface area contributed by atoms with E-state index >= 15 is 0 Å². The van der Waals surface area contributed by atoms with Gasteiger partial charge in [0.2, 0.25) is 0 Å². The van der Waals surface area contributed by atoms with Gasteiger partial charge in [-0.25, -0.2) is 0 Å². The Morgan fingerprint density at radius 1 is 1.19 bits per heavy atom. The molecular formula is C21H25NO4. The van der Waals surface area contributed by atoms with Crippen LogP contribution in [-0.4, -0.2) is 25.2 Å². The average Bonchev–Trinajstić information content (AvgIpc) is 2.94. The zero-order valence-electron chi connectivity index (χ0n) is 15.7. The first kappa shape index (κ1) is 18.1. The first-order chi connectivity index (χ1) is 12.4. The summed E-state index contributed by atoms with van der Waals surface area (Å²) in [6.45, 7) is 5.93. The van der Waals surface area contributed by atoms with E-state index in [2.05, 4.69) is 5.32 Å². The molecule has 138 valence electrons. The fourth-order valence-corrected chi connectivity index (χ4v) is 3.23. The van der Waals surface area contributed by atoms with Crippen LogP contribution in [0.25, 0.3) is 0 Å². The summed E-state index contributed by atoms with van der Waals surface area (Å²) in [6, 6.07) is 13.2. The van der Waals surface area contributed by atoms with Crippen molar-refractivity contribution in [2.75, 3.05) is 13.7 Å². The van der Waals surface area contributed by atoms with Crippen molar-refractivity contribution in [1.82, 2.24) is 5.32 Å². The highest BCUT2D eigenvalue weighted by Gasteiger charge is 2.32. The number of fused-ring (bicyclic) bond motifs is 1. The highest BCUT2D eigenvalue weighted by Crippen LogP contribution is 2.41. The predicted octanol–water partition coefficient (Wildman–Crippen LogP) is 3.66. The number of para-hydroxylation sites is 2. The minimum atomic E-state index is -0.248. The maximum atomic E-state index is 12.3. The van der Waals surface area contributed by atoms with Gasteiger partial charge < -0.3 is 19.5 Å². The molecule has 0 spiro atoms. The molecule has 1 aliphatic heterocycles. The van der Waals surface area contributed by atoms with Gasteiger partial charge >= 0.3 is 0 Å². The van der Waals surface area contributed by atoms with Gasteiger partial charge in [0.15, 0.2) is 18.1 Å². The van der Waals surface area contributed by atoms with Gasteiger partial charge in [0.1, 0.15) is 11.4 Å². The van der Waals surface area contributed by atoms with Crippen LogP contribution in [0.2, 0.25) is 0 Å². The van der Waals surface area contributed by atoms with Crippen LogP contribution in [0.3, 0.4) is 0 Å². The van der Waals surface area contributed by atoms with E-state index < -0.39 is 0 Å². The number of hydrogen-bond acceptors (Lipinski definition) is 4. The molecule has 0 radical (unpaired) electrons. The standard InChI is InChI=1S/C21H25NO4/c1-14(16-9-5-6-10-17(16)24-4)22-19(23)13-25-18-11-7-8-15-12-21(2,3)26-20(15)18/h5-11,14H,12-13H2,1-4H3,(H,22,23). The van der Waals surface area contributed by atoms with Gasteiger partial charge in [0.05, 0.1) is 13.2 Å². The smallest absolute Gasteiger partial charge is 0.258 e. The van der Waals surface area contributed by atoms with Crippen LogP contribution in [0.15, 0.2) is 42.5 Å². The minimum Gasteiger partial charge on any atom is -0.496 e. The van der Waals surface area contributed by atoms with E-state index in [9.17, 15) is 4.79 Å². The summed E-state index contributed by atoms with van der Waals surface area (Å²) in [6.07, 6.45) is 0.830. The summed E-state index contributed by atoms with van der Waals surface area (Å²) in [5.74, 6) is 1.90. The quantitative estimate of drug-likeness (QED) is 0.859. The number of carbonyl (C=O) groups excluding carboxylic acids is 1. The van der Waals surface area contributed by atoms with Crippen molar-refractivity contribution >= 4 is 5.91 Å². The second kappa shape index (κ2) is 7.28. The van der Waals surface area contributed by atoms with Crippen molar-refractivity contribution in [1.29, 1.82) is 0 Å². The molecule has 2 aromatic carbocycles. The highest BCUT2D eigenvalue weighted by molar-refractivity contribution is 5.78. The van der Waals surface area contributed by atoms with Crippen molar-refractivity contribution in [2.45, 2.75) is 38.8 Å². The second-order valence-corrected chi connectivity index (χ2v) is 7.10. The molecule has 3 rings (SSSR count). The minimum absolute atomic E-state index is 0.0697. The SMILES string of the molecule is COc1ccccc1C(C)NC(=O)COc1cccc2c1OC(C)(C)C2. The number of carbonyl (C=O) groups is 1. The Hall–Kier alpha value is -2.69. The van der Waals surface area contributed by atoms with Crippen LogP contribution in [-0.2, 0) is 11.2 Å². The Morgan fingerprint density at radius 3 is 2.69 bits per heavy atom. The molecule has 1 atom stereocenters. The van der Waals surface area contributed by atoms with Gasteiger partial charge in [-0.1, -0.05) is 30.3 Å². The van der Waals surface area contributed by atoms with Crippen molar-refractivity contribution in [3.63, 3.8) is 0 Å². The molecule has 5 nitrogen and oxygen atoms in total. The van der Waals surface area contributed by atoms with Crippen molar-refractivity contribution in [3.05, 3.63) is 53.6 Å². The summed E-state index contributed by atoms with van der Waals surface area (Å²) in [5, 5.41) is 2.94. The number of nitrogens with one attached hydrogen (secondary N) is 1. The van der Waals surface area contributed by atoms with Gasteiger partial charge in [-0.3, -0.25) is 4.79 Å². The first-order valence-electron chi connectivity index (χ1n) is 8.75. The largest absolute Gasteiger partial charge is 0.496 e. The average molecular weight is 355 g/mol. The molecule has 1 aliphatic rings. The molecule has 5 heteroatoms. The van der Waals surface area contributed by atoms with E-state index in [-0.39, 0.29) is 24.2 Å². The zero-order valence-corrected chi connectivity index (χ0v) is 15.7. The van der Waals surface area contributed by atoms with Crippen LogP contribution < -0.4 is 19.5 Å². The second-order valence-electron chi connectivity index (χ2n) is 7.10. The van der Waals surface area contributed by atoms with Gasteiger partial charge in [-0.05, 0) is 32.9 Å². The van der Waals surface area contributed by atoms with Gasteiger partial charge in [0, 0.05) is 17.5 Å². The van der Waals surface area contributed by atoms with Crippen LogP contribution >= 0.6 is 0 Å². The van der Waals surface area contributed by atoms with E-state index in [0.717, 1.165) is 29.0 Å². The topological polar surface area (TPSA) is 56.8 Å². The third kappa shape index (κ3) is 3.93. The van der Waals surface area contributed by atoms with E-state index in [1.54, 1.807) is 7.11 Å². The molecule has 0 bridgehead atoms. The number of amides is 1. The molecular weight excluding hydrogens is 330 g/mol. The molecule has 1 amide bonds. The van der Waals surface area contributed by atoms with E-state index in [1.165, 1.54) is 0 Å². The summed E-state index contributed by atoms with van der Waals surface area (Å²) in [4.78, 5) is 12.3. The molecule has 0 saturated heterocycles. The summed E-state index contributed by atoms with van der Waals surface area (Å²) < 4.78 is 17.0. The molecule has 0 aromatic heterocycles. The fraction of sp³-hybridized carbons (Fsp3) is 0.381. The molecule has 1 N–H and O–H groups in total. The highest BCUT2D eigenvalue weighted by atomic mass is 16.5. The lowest BCUT2D eigenvalue weighted by Gasteiger charge is -2.19. The Labute approximate surface area is 154 Å². The van der Waals surface area contributed by atoms with Crippen LogP contribution in [0, 0.1) is 0 Å². The maximum absolute atomic E-state index is 12.3. The lowest BCUT2D eigenvalue weighted by molar-refractivity contribution is -0.123. The number of methoxy groups -OCH3 is 1. The summed E-state index contributed by atoms with van der Waals surface area (Å²) in [7, 11) is 1.62. The molecule has 0 fully saturated rings. The lowest BCUT2D eigenvalue weighted by atomic mass is 10.0. The Kier molecular flexibility index (Phi) is 5.07. The maximum Gasteiger partial charge on any atom is 0.258 e. The van der Waals surface area contributed by atoms with Gasteiger partial charge in [-0.2, -0.15) is 0 Å². The monoisotopic (exact) mass is 355 g/mol. The first-order valence-corrected chi connectivity index (χ1v) is 8.75. The normalized spacial score (nSPS) is 15.5. The van der Waals surface area contributed by atoms with Crippen molar-refractivity contribution in [3.8, 4) is 17.2 Å². The Balaban J connectivity index is 1.61. The zero-order chi connectivity index (χ0) is 18.7. The Bertz CT molecular complexity index is 800. The molecule has 2 aromatic rings. The number of benzene rings is 2. The van der Waals surface area contributed by atoms with Crippen LogP contribution in [0.5, 0.6) is 17.2 Å². The lowest BCUT2D eigenvalue weighted by Crippen LogP contribution is -2.31. The third-order valence-electron chi connectivity index (χ3n) is 4.40. The number of hydrogen-bond donors (Lipinski definition) is 1. The summed E-state index contributed by atoms with van der Waals surface area (Å²) >= 11 is 0. The van der Waals surface area contributed by atoms with E-state index in [4.69, 9.17) is 14.2 Å². The molecule has 1 unspecified atom stereocenters. The van der Waals surface area contributed by atoms with Gasteiger partial charge in [0.25, 0.3) is 5.91 Å². The third-order valence-corrected chi connectivity index (χ3v) is 4.40. The van der Waals surface area contributed by atoms with E-state index in [1.807, 2.05) is 63.2 Å². The summed E-state index contributed by atoms with van der Waals surface area (Å²) in [5.41, 5.74) is 1.78. The van der Waals surface area contributed by atoms with Crippen LogP contribution in [0.4, 0.5) is 0 Å². The fourth-order valence-electron chi connectivity index (χ4n) is 3.23. The Morgan fingerprint density at radius 2 is 1.92 bits per heavy atom. The molecule has 0 saturated carbocycles. The van der Waals surface area contributed by atoms with Gasteiger partial charge in [-0.15, -0.1) is 0 Å². The molecule has 0 aliphatic carbocycles. The molecule has 26 heavy (non-hydrogen) atoms. The van der Waals surface area contributed by atoms with E-state index in [0.29, 0.717) is 5.75 Å². The number of ether oxygens (including phenoxy) is 3. The van der Waals surface area contributed by atoms with Crippen molar-refractivity contribution < 1.29 is 19.0 Å². The molecule has 1 heterocycles.